The highest BCUT2D eigenvalue weighted by molar-refractivity contribution is 5.88. The summed E-state index contributed by atoms with van der Waals surface area (Å²) >= 11 is 0. The number of pyridine rings is 1. The first kappa shape index (κ1) is 21.0. The van der Waals surface area contributed by atoms with E-state index in [4.69, 9.17) is 9.47 Å². The Balaban J connectivity index is 1.67. The molecule has 1 atom stereocenters. The van der Waals surface area contributed by atoms with Crippen molar-refractivity contribution in [3.05, 3.63) is 45.7 Å². The second-order valence-electron chi connectivity index (χ2n) is 7.91. The van der Waals surface area contributed by atoms with Gasteiger partial charge in [-0.2, -0.15) is 0 Å². The third-order valence-electron chi connectivity index (χ3n) is 6.09. The van der Waals surface area contributed by atoms with E-state index in [1.54, 1.807) is 12.0 Å². The van der Waals surface area contributed by atoms with Crippen LogP contribution in [-0.2, 0) is 11.2 Å². The molecule has 8 nitrogen and oxygen atoms in total. The van der Waals surface area contributed by atoms with Gasteiger partial charge in [0.1, 0.15) is 12.2 Å². The molecule has 1 unspecified atom stereocenters. The summed E-state index contributed by atoms with van der Waals surface area (Å²) in [5, 5.41) is 9.34. The lowest BCUT2D eigenvalue weighted by Crippen LogP contribution is -2.29. The van der Waals surface area contributed by atoms with Gasteiger partial charge in [-0.15, -0.1) is 0 Å². The zero-order valence-corrected chi connectivity index (χ0v) is 17.7. The predicted molar refractivity (Wildman–Crippen MR) is 114 cm³/mol. The van der Waals surface area contributed by atoms with Gasteiger partial charge >= 0.3 is 5.97 Å². The second kappa shape index (κ2) is 8.45. The molecule has 1 saturated heterocycles. The summed E-state index contributed by atoms with van der Waals surface area (Å²) in [5.41, 5.74) is 1.78. The van der Waals surface area contributed by atoms with Gasteiger partial charge in [-0.3, -0.25) is 9.59 Å². The minimum Gasteiger partial charge on any atom is -0.493 e. The first-order chi connectivity index (χ1) is 14.9. The molecule has 1 aromatic heterocycles. The molecule has 8 heteroatoms. The summed E-state index contributed by atoms with van der Waals surface area (Å²) < 4.78 is 13.4. The minimum atomic E-state index is -1.22. The van der Waals surface area contributed by atoms with Crippen LogP contribution in [0.1, 0.15) is 48.1 Å². The van der Waals surface area contributed by atoms with Crippen molar-refractivity contribution in [1.29, 1.82) is 0 Å². The number of nitrogens with zero attached hydrogens (tertiary/aromatic N) is 2. The number of hydrogen-bond acceptors (Lipinski definition) is 5. The normalized spacial score (nSPS) is 17.3. The first-order valence-electron chi connectivity index (χ1n) is 10.5. The lowest BCUT2D eigenvalue weighted by atomic mass is 9.90. The fourth-order valence-corrected chi connectivity index (χ4v) is 4.41. The van der Waals surface area contributed by atoms with Crippen molar-refractivity contribution in [2.75, 3.05) is 26.8 Å². The van der Waals surface area contributed by atoms with Crippen molar-refractivity contribution < 1.29 is 24.2 Å². The molecule has 0 aliphatic carbocycles. The highest BCUT2D eigenvalue weighted by atomic mass is 16.5. The number of fused-ring (bicyclic) bond motifs is 3. The molecule has 1 N–H and O–H groups in total. The summed E-state index contributed by atoms with van der Waals surface area (Å²) in [4.78, 5) is 37.4. The van der Waals surface area contributed by atoms with Gasteiger partial charge in [0, 0.05) is 36.8 Å². The quantitative estimate of drug-likeness (QED) is 0.731. The SMILES string of the molecule is CCC1Cc2cc(OCCN3CCCC3=O)c(OC)cc2-c2cc(=O)c(C(=O)O)cn21. The molecule has 0 radical (unpaired) electrons. The molecule has 0 bridgehead atoms. The van der Waals surface area contributed by atoms with Crippen LogP contribution < -0.4 is 14.9 Å². The van der Waals surface area contributed by atoms with E-state index in [1.807, 2.05) is 23.6 Å². The number of hydrogen-bond donors (Lipinski definition) is 1. The lowest BCUT2D eigenvalue weighted by molar-refractivity contribution is -0.128. The molecule has 31 heavy (non-hydrogen) atoms. The monoisotopic (exact) mass is 426 g/mol. The van der Waals surface area contributed by atoms with Crippen molar-refractivity contribution in [1.82, 2.24) is 9.47 Å². The predicted octanol–water partition coefficient (Wildman–Crippen LogP) is 2.73. The Morgan fingerprint density at radius 2 is 2.03 bits per heavy atom. The van der Waals surface area contributed by atoms with Gasteiger partial charge in [0.2, 0.25) is 5.91 Å². The highest BCUT2D eigenvalue weighted by Crippen LogP contribution is 2.41. The second-order valence-corrected chi connectivity index (χ2v) is 7.91. The maximum atomic E-state index is 12.4. The number of methoxy groups -OCH3 is 1. The minimum absolute atomic E-state index is 0.0321. The Labute approximate surface area is 180 Å². The molecule has 3 heterocycles. The van der Waals surface area contributed by atoms with Crippen molar-refractivity contribution in [3.63, 3.8) is 0 Å². The number of carboxylic acid groups (broad SMARTS) is 1. The summed E-state index contributed by atoms with van der Waals surface area (Å²) in [6.45, 7) is 3.71. The molecule has 164 valence electrons. The zero-order chi connectivity index (χ0) is 22.1. The molecule has 1 aromatic carbocycles. The van der Waals surface area contributed by atoms with Gasteiger partial charge in [-0.25, -0.2) is 4.79 Å². The third kappa shape index (κ3) is 3.89. The van der Waals surface area contributed by atoms with Gasteiger partial charge in [0.15, 0.2) is 16.9 Å². The Morgan fingerprint density at radius 3 is 2.68 bits per heavy atom. The van der Waals surface area contributed by atoms with Gasteiger partial charge in [-0.1, -0.05) is 6.92 Å². The van der Waals surface area contributed by atoms with Crippen molar-refractivity contribution in [3.8, 4) is 22.8 Å². The molecule has 2 aliphatic rings. The van der Waals surface area contributed by atoms with E-state index in [0.29, 0.717) is 43.2 Å². The topological polar surface area (TPSA) is 98.1 Å². The smallest absolute Gasteiger partial charge is 0.341 e. The average Bonchev–Trinajstić information content (AvgIpc) is 3.16. The molecule has 4 rings (SSSR count). The van der Waals surface area contributed by atoms with E-state index >= 15 is 0 Å². The van der Waals surface area contributed by atoms with Crippen molar-refractivity contribution in [2.24, 2.45) is 0 Å². The number of carboxylic acids is 1. The standard InChI is InChI=1S/C23H26N2O6/c1-3-15-9-14-10-21(31-8-7-24-6-4-5-22(24)27)20(30-2)11-16(14)18-12-19(26)17(23(28)29)13-25(15)18/h10-13,15H,3-9H2,1-2H3,(H,28,29). The molecule has 0 saturated carbocycles. The van der Waals surface area contributed by atoms with Gasteiger partial charge < -0.3 is 24.0 Å². The fourth-order valence-electron chi connectivity index (χ4n) is 4.41. The lowest BCUT2D eigenvalue weighted by Gasteiger charge is -2.31. The summed E-state index contributed by atoms with van der Waals surface area (Å²) in [7, 11) is 1.55. The van der Waals surface area contributed by atoms with E-state index in [0.717, 1.165) is 30.5 Å². The molecule has 2 aromatic rings. The van der Waals surface area contributed by atoms with Crippen LogP contribution >= 0.6 is 0 Å². The first-order valence-corrected chi connectivity index (χ1v) is 10.5. The number of rotatable bonds is 7. The van der Waals surface area contributed by atoms with E-state index in [9.17, 15) is 19.5 Å². The van der Waals surface area contributed by atoms with Crippen LogP contribution in [0.3, 0.4) is 0 Å². The van der Waals surface area contributed by atoms with Gasteiger partial charge in [0.25, 0.3) is 0 Å². The number of carbonyl (C=O) groups is 2. The van der Waals surface area contributed by atoms with E-state index in [-0.39, 0.29) is 17.5 Å². The van der Waals surface area contributed by atoms with Crippen LogP contribution in [0, 0.1) is 0 Å². The Bertz CT molecular complexity index is 1090. The van der Waals surface area contributed by atoms with Crippen LogP contribution in [0.5, 0.6) is 11.5 Å². The number of carbonyl (C=O) groups excluding carboxylic acids is 1. The Kier molecular flexibility index (Phi) is 5.71. The number of amides is 1. The average molecular weight is 426 g/mol. The van der Waals surface area contributed by atoms with Crippen LogP contribution in [0.2, 0.25) is 0 Å². The zero-order valence-electron chi connectivity index (χ0n) is 17.7. The number of likely N-dealkylation sites (tertiary alicyclic amines) is 1. The van der Waals surface area contributed by atoms with Gasteiger partial charge in [0.05, 0.1) is 19.3 Å². The van der Waals surface area contributed by atoms with Crippen LogP contribution in [0.4, 0.5) is 0 Å². The summed E-state index contributed by atoms with van der Waals surface area (Å²) in [6.07, 6.45) is 4.41. The molecular formula is C23H26N2O6. The van der Waals surface area contributed by atoms with Crippen LogP contribution in [-0.4, -0.2) is 53.3 Å². The number of benzene rings is 1. The molecule has 2 aliphatic heterocycles. The maximum absolute atomic E-state index is 12.4. The molecule has 1 fully saturated rings. The van der Waals surface area contributed by atoms with Crippen LogP contribution in [0.15, 0.2) is 29.2 Å². The summed E-state index contributed by atoms with van der Waals surface area (Å²) in [5.74, 6) is 0.0665. The molecule has 1 amide bonds. The molecular weight excluding hydrogens is 400 g/mol. The Hall–Kier alpha value is -3.29. The number of ether oxygens (including phenoxy) is 2. The van der Waals surface area contributed by atoms with Crippen LogP contribution in [0.25, 0.3) is 11.3 Å². The van der Waals surface area contributed by atoms with Crippen molar-refractivity contribution >= 4 is 11.9 Å². The fraction of sp³-hybridized carbons (Fsp3) is 0.435. The number of aromatic nitrogens is 1. The molecule has 0 spiro atoms. The number of aromatic carboxylic acids is 1. The van der Waals surface area contributed by atoms with Gasteiger partial charge in [-0.05, 0) is 37.0 Å². The van der Waals surface area contributed by atoms with E-state index in [1.165, 1.54) is 12.3 Å². The maximum Gasteiger partial charge on any atom is 0.341 e. The van der Waals surface area contributed by atoms with E-state index < -0.39 is 11.4 Å². The van der Waals surface area contributed by atoms with E-state index in [2.05, 4.69) is 0 Å². The summed E-state index contributed by atoms with van der Waals surface area (Å²) in [6, 6.07) is 5.19. The highest BCUT2D eigenvalue weighted by Gasteiger charge is 2.27. The van der Waals surface area contributed by atoms with Crippen molar-refractivity contribution in [2.45, 2.75) is 38.6 Å². The largest absolute Gasteiger partial charge is 0.493 e. The third-order valence-corrected chi connectivity index (χ3v) is 6.09. The Morgan fingerprint density at radius 1 is 1.23 bits per heavy atom.